The lowest BCUT2D eigenvalue weighted by molar-refractivity contribution is -0.128. The highest BCUT2D eigenvalue weighted by atomic mass is 16.5. The number of hydrogen-bond donors (Lipinski definition) is 2. The molecule has 0 aliphatic rings. The van der Waals surface area contributed by atoms with Crippen LogP contribution in [0.15, 0.2) is 66.7 Å². The number of hydrogen-bond acceptors (Lipinski definition) is 5. The molecule has 3 aromatic rings. The van der Waals surface area contributed by atoms with Crippen molar-refractivity contribution in [2.45, 2.75) is 0 Å². The summed E-state index contributed by atoms with van der Waals surface area (Å²) in [6.45, 7) is -0.228. The smallest absolute Gasteiger partial charge is 0.276 e. The van der Waals surface area contributed by atoms with Gasteiger partial charge in [-0.05, 0) is 35.2 Å². The molecule has 0 aliphatic carbocycles. The third-order valence-electron chi connectivity index (χ3n) is 4.27. The number of fused-ring (bicyclic) bond motifs is 1. The van der Waals surface area contributed by atoms with Crippen molar-refractivity contribution in [3.05, 3.63) is 72.3 Å². The van der Waals surface area contributed by atoms with E-state index < -0.39 is 11.8 Å². The van der Waals surface area contributed by atoms with Crippen LogP contribution >= 0.6 is 0 Å². The third kappa shape index (κ3) is 5.29. The zero-order chi connectivity index (χ0) is 21.3. The van der Waals surface area contributed by atoms with Crippen LogP contribution in [-0.4, -0.2) is 32.6 Å². The van der Waals surface area contributed by atoms with Crippen LogP contribution in [-0.2, 0) is 9.59 Å². The van der Waals surface area contributed by atoms with Gasteiger partial charge in [0, 0.05) is 11.5 Å². The Morgan fingerprint density at radius 3 is 2.43 bits per heavy atom. The minimum atomic E-state index is -0.483. The average Bonchev–Trinajstić information content (AvgIpc) is 2.79. The van der Waals surface area contributed by atoms with E-state index in [0.717, 1.165) is 16.3 Å². The largest absolute Gasteiger partial charge is 0.493 e. The highest BCUT2D eigenvalue weighted by molar-refractivity contribution is 5.93. The van der Waals surface area contributed by atoms with E-state index in [-0.39, 0.29) is 6.61 Å². The zero-order valence-electron chi connectivity index (χ0n) is 16.7. The lowest BCUT2D eigenvalue weighted by Crippen LogP contribution is -2.43. The predicted molar refractivity (Wildman–Crippen MR) is 114 cm³/mol. The summed E-state index contributed by atoms with van der Waals surface area (Å²) in [5.41, 5.74) is 5.38. The molecule has 0 bridgehead atoms. The summed E-state index contributed by atoms with van der Waals surface area (Å²) >= 11 is 0. The first kappa shape index (κ1) is 20.7. The van der Waals surface area contributed by atoms with Gasteiger partial charge in [0.25, 0.3) is 11.8 Å². The quantitative estimate of drug-likeness (QED) is 0.465. The SMILES string of the molecule is COc1ccc(C=CC(=O)NNC(=O)COc2cccc3ccccc23)cc1OC. The number of carbonyl (C=O) groups excluding carboxylic acids is 2. The molecular weight excluding hydrogens is 384 g/mol. The molecule has 0 radical (unpaired) electrons. The van der Waals surface area contributed by atoms with Crippen molar-refractivity contribution in [1.82, 2.24) is 10.9 Å². The van der Waals surface area contributed by atoms with Gasteiger partial charge in [-0.15, -0.1) is 0 Å². The fraction of sp³-hybridized carbons (Fsp3) is 0.130. The summed E-state index contributed by atoms with van der Waals surface area (Å²) in [4.78, 5) is 23.9. The molecular formula is C23H22N2O5. The third-order valence-corrected chi connectivity index (χ3v) is 4.27. The molecule has 0 fully saturated rings. The summed E-state index contributed by atoms with van der Waals surface area (Å²) in [5.74, 6) is 0.790. The Hall–Kier alpha value is -4.00. The molecule has 154 valence electrons. The molecule has 0 atom stereocenters. The Morgan fingerprint density at radius 2 is 1.63 bits per heavy atom. The van der Waals surface area contributed by atoms with Crippen LogP contribution in [0.3, 0.4) is 0 Å². The number of methoxy groups -OCH3 is 2. The van der Waals surface area contributed by atoms with Crippen molar-refractivity contribution in [1.29, 1.82) is 0 Å². The Morgan fingerprint density at radius 1 is 0.867 bits per heavy atom. The Bertz CT molecular complexity index is 1070. The summed E-state index contributed by atoms with van der Waals surface area (Å²) < 4.78 is 16.0. The van der Waals surface area contributed by atoms with E-state index in [9.17, 15) is 9.59 Å². The van der Waals surface area contributed by atoms with E-state index in [4.69, 9.17) is 14.2 Å². The molecule has 0 aromatic heterocycles. The monoisotopic (exact) mass is 406 g/mol. The van der Waals surface area contributed by atoms with Crippen LogP contribution in [0.1, 0.15) is 5.56 Å². The van der Waals surface area contributed by atoms with Gasteiger partial charge in [-0.1, -0.05) is 42.5 Å². The number of carbonyl (C=O) groups is 2. The molecule has 0 aliphatic heterocycles. The van der Waals surface area contributed by atoms with Crippen LogP contribution < -0.4 is 25.1 Å². The topological polar surface area (TPSA) is 85.9 Å². The first-order valence-corrected chi connectivity index (χ1v) is 9.20. The molecule has 0 spiro atoms. The van der Waals surface area contributed by atoms with Crippen molar-refractivity contribution in [3.63, 3.8) is 0 Å². The highest BCUT2D eigenvalue weighted by Gasteiger charge is 2.07. The number of nitrogens with one attached hydrogen (secondary N) is 2. The maximum Gasteiger partial charge on any atom is 0.276 e. The number of hydrazine groups is 1. The fourth-order valence-corrected chi connectivity index (χ4v) is 2.80. The number of rotatable bonds is 7. The van der Waals surface area contributed by atoms with Crippen molar-refractivity contribution in [3.8, 4) is 17.2 Å². The molecule has 2 N–H and O–H groups in total. The van der Waals surface area contributed by atoms with Crippen LogP contribution in [0.25, 0.3) is 16.8 Å². The Kier molecular flexibility index (Phi) is 6.89. The molecule has 7 heteroatoms. The molecule has 0 saturated carbocycles. The average molecular weight is 406 g/mol. The first-order chi connectivity index (χ1) is 14.6. The van der Waals surface area contributed by atoms with Gasteiger partial charge >= 0.3 is 0 Å². The minimum Gasteiger partial charge on any atom is -0.493 e. The second-order valence-corrected chi connectivity index (χ2v) is 6.25. The van der Waals surface area contributed by atoms with Crippen LogP contribution in [0, 0.1) is 0 Å². The van der Waals surface area contributed by atoms with E-state index in [2.05, 4.69) is 10.9 Å². The normalized spacial score (nSPS) is 10.6. The number of ether oxygens (including phenoxy) is 3. The molecule has 7 nitrogen and oxygen atoms in total. The van der Waals surface area contributed by atoms with Gasteiger partial charge < -0.3 is 14.2 Å². The van der Waals surface area contributed by atoms with Crippen molar-refractivity contribution >= 4 is 28.7 Å². The summed E-state index contributed by atoms with van der Waals surface area (Å²) in [5, 5.41) is 1.93. The molecule has 30 heavy (non-hydrogen) atoms. The maximum atomic E-state index is 12.0. The van der Waals surface area contributed by atoms with Crippen molar-refractivity contribution < 1.29 is 23.8 Å². The van der Waals surface area contributed by atoms with Gasteiger partial charge in [-0.3, -0.25) is 20.4 Å². The lowest BCUT2D eigenvalue weighted by atomic mass is 10.1. The molecule has 3 rings (SSSR count). The predicted octanol–water partition coefficient (Wildman–Crippen LogP) is 3.10. The summed E-state index contributed by atoms with van der Waals surface area (Å²) in [6, 6.07) is 18.6. The first-order valence-electron chi connectivity index (χ1n) is 9.20. The number of benzene rings is 3. The summed E-state index contributed by atoms with van der Waals surface area (Å²) in [7, 11) is 3.08. The van der Waals surface area contributed by atoms with E-state index in [1.165, 1.54) is 13.2 Å². The van der Waals surface area contributed by atoms with Gasteiger partial charge in [0.1, 0.15) is 5.75 Å². The van der Waals surface area contributed by atoms with E-state index in [1.807, 2.05) is 36.4 Å². The second-order valence-electron chi connectivity index (χ2n) is 6.25. The standard InChI is InChI=1S/C23H22N2O5/c1-28-20-12-10-16(14-21(20)29-2)11-13-22(26)24-25-23(27)15-30-19-9-5-7-17-6-3-4-8-18(17)19/h3-14H,15H2,1-2H3,(H,24,26)(H,25,27). The van der Waals surface area contributed by atoms with Gasteiger partial charge in [0.2, 0.25) is 0 Å². The minimum absolute atomic E-state index is 0.228. The Balaban J connectivity index is 1.49. The van der Waals surface area contributed by atoms with E-state index >= 15 is 0 Å². The molecule has 0 unspecified atom stereocenters. The van der Waals surface area contributed by atoms with Gasteiger partial charge in [-0.2, -0.15) is 0 Å². The molecule has 0 heterocycles. The Labute approximate surface area is 174 Å². The van der Waals surface area contributed by atoms with Crippen LogP contribution in [0.5, 0.6) is 17.2 Å². The van der Waals surface area contributed by atoms with E-state index in [0.29, 0.717) is 17.2 Å². The second kappa shape index (κ2) is 9.97. The van der Waals surface area contributed by atoms with Crippen LogP contribution in [0.4, 0.5) is 0 Å². The van der Waals surface area contributed by atoms with Gasteiger partial charge in [-0.25, -0.2) is 0 Å². The lowest BCUT2D eigenvalue weighted by Gasteiger charge is -2.10. The molecule has 3 aromatic carbocycles. The zero-order valence-corrected chi connectivity index (χ0v) is 16.7. The maximum absolute atomic E-state index is 12.0. The molecule has 0 saturated heterocycles. The van der Waals surface area contributed by atoms with Gasteiger partial charge in [0.05, 0.1) is 14.2 Å². The molecule has 2 amide bonds. The van der Waals surface area contributed by atoms with Gasteiger partial charge in [0.15, 0.2) is 18.1 Å². The van der Waals surface area contributed by atoms with Crippen molar-refractivity contribution in [2.24, 2.45) is 0 Å². The van der Waals surface area contributed by atoms with Crippen molar-refractivity contribution in [2.75, 3.05) is 20.8 Å². The van der Waals surface area contributed by atoms with E-state index in [1.54, 1.807) is 37.5 Å². The highest BCUT2D eigenvalue weighted by Crippen LogP contribution is 2.28. The fourth-order valence-electron chi connectivity index (χ4n) is 2.80. The van der Waals surface area contributed by atoms with Crippen LogP contribution in [0.2, 0.25) is 0 Å². The summed E-state index contributed by atoms with van der Waals surface area (Å²) in [6.07, 6.45) is 2.89. The number of amides is 2.